The Morgan fingerprint density at radius 1 is 1.56 bits per heavy atom. The Kier molecular flexibility index (Phi) is 4.72. The lowest BCUT2D eigenvalue weighted by molar-refractivity contribution is 0.0144. The summed E-state index contributed by atoms with van der Waals surface area (Å²) in [7, 11) is 0. The maximum atomic E-state index is 12.3. The van der Waals surface area contributed by atoms with Crippen LogP contribution in [0, 0.1) is 0 Å². The third kappa shape index (κ3) is 3.09. The van der Waals surface area contributed by atoms with Crippen LogP contribution in [0.3, 0.4) is 0 Å². The molecular formula is C13H17BrN2O2. The highest BCUT2D eigenvalue weighted by atomic mass is 79.9. The molecule has 0 N–H and O–H groups in total. The van der Waals surface area contributed by atoms with Crippen LogP contribution in [0.4, 0.5) is 0 Å². The van der Waals surface area contributed by atoms with E-state index in [1.54, 1.807) is 6.20 Å². The summed E-state index contributed by atoms with van der Waals surface area (Å²) in [6.07, 6.45) is 3.75. The Morgan fingerprint density at radius 2 is 2.28 bits per heavy atom. The van der Waals surface area contributed by atoms with Crippen molar-refractivity contribution in [2.24, 2.45) is 0 Å². The highest BCUT2D eigenvalue weighted by molar-refractivity contribution is 9.10. The van der Waals surface area contributed by atoms with Gasteiger partial charge in [0, 0.05) is 30.4 Å². The Morgan fingerprint density at radius 3 is 2.89 bits per heavy atom. The van der Waals surface area contributed by atoms with Crippen LogP contribution in [-0.2, 0) is 4.74 Å². The van der Waals surface area contributed by atoms with Crippen LogP contribution in [0.15, 0.2) is 22.8 Å². The van der Waals surface area contributed by atoms with Crippen molar-refractivity contribution in [2.45, 2.75) is 25.9 Å². The van der Waals surface area contributed by atoms with E-state index in [0.717, 1.165) is 37.0 Å². The Hall–Kier alpha value is -0.940. The Bertz CT molecular complexity index is 417. The molecule has 1 fully saturated rings. The van der Waals surface area contributed by atoms with Crippen molar-refractivity contribution in [1.29, 1.82) is 0 Å². The standard InChI is InChI=1S/C13H17BrN2O2/c1-2-18-10-5-8-16(9-6-10)13(17)12-11(14)4-3-7-15-12/h3-4,7,10H,2,5-6,8-9H2,1H3. The second-order valence-corrected chi connectivity index (χ2v) is 5.14. The molecular weight excluding hydrogens is 296 g/mol. The van der Waals surface area contributed by atoms with E-state index in [9.17, 15) is 4.79 Å². The second-order valence-electron chi connectivity index (χ2n) is 4.28. The van der Waals surface area contributed by atoms with E-state index in [2.05, 4.69) is 20.9 Å². The minimum atomic E-state index is -0.00239. The number of ether oxygens (including phenoxy) is 1. The van der Waals surface area contributed by atoms with Gasteiger partial charge in [0.2, 0.25) is 0 Å². The number of hydrogen-bond donors (Lipinski definition) is 0. The molecule has 0 bridgehead atoms. The van der Waals surface area contributed by atoms with Crippen LogP contribution in [-0.4, -0.2) is 41.6 Å². The first-order valence-electron chi connectivity index (χ1n) is 6.23. The molecule has 0 aliphatic carbocycles. The van der Waals surface area contributed by atoms with Gasteiger partial charge in [-0.25, -0.2) is 4.98 Å². The number of carbonyl (C=O) groups excluding carboxylic acids is 1. The maximum Gasteiger partial charge on any atom is 0.273 e. The van der Waals surface area contributed by atoms with Crippen LogP contribution in [0.1, 0.15) is 30.3 Å². The van der Waals surface area contributed by atoms with Crippen molar-refractivity contribution >= 4 is 21.8 Å². The summed E-state index contributed by atoms with van der Waals surface area (Å²) in [5.74, 6) is -0.00239. The average Bonchev–Trinajstić information content (AvgIpc) is 2.40. The van der Waals surface area contributed by atoms with Crippen molar-refractivity contribution in [3.63, 3.8) is 0 Å². The van der Waals surface area contributed by atoms with Crippen molar-refractivity contribution in [2.75, 3.05) is 19.7 Å². The van der Waals surface area contributed by atoms with Gasteiger partial charge in [0.1, 0.15) is 5.69 Å². The summed E-state index contributed by atoms with van der Waals surface area (Å²) in [5.41, 5.74) is 0.493. The Balaban J connectivity index is 1.98. The highest BCUT2D eigenvalue weighted by Crippen LogP contribution is 2.19. The summed E-state index contributed by atoms with van der Waals surface area (Å²) in [6.45, 7) is 4.23. The number of pyridine rings is 1. The van der Waals surface area contributed by atoms with E-state index in [0.29, 0.717) is 11.8 Å². The number of likely N-dealkylation sites (tertiary alicyclic amines) is 1. The zero-order valence-corrected chi connectivity index (χ0v) is 12.0. The monoisotopic (exact) mass is 312 g/mol. The fourth-order valence-electron chi connectivity index (χ4n) is 2.15. The van der Waals surface area contributed by atoms with Gasteiger partial charge in [-0.2, -0.15) is 0 Å². The smallest absolute Gasteiger partial charge is 0.273 e. The predicted octanol–water partition coefficient (Wildman–Crippen LogP) is 2.49. The number of carbonyl (C=O) groups is 1. The van der Waals surface area contributed by atoms with Crippen molar-refractivity contribution in [3.8, 4) is 0 Å². The van der Waals surface area contributed by atoms with Crippen molar-refractivity contribution < 1.29 is 9.53 Å². The van der Waals surface area contributed by atoms with Crippen molar-refractivity contribution in [3.05, 3.63) is 28.5 Å². The summed E-state index contributed by atoms with van der Waals surface area (Å²) < 4.78 is 6.33. The van der Waals surface area contributed by atoms with E-state index < -0.39 is 0 Å². The SMILES string of the molecule is CCOC1CCN(C(=O)c2ncccc2Br)CC1. The third-order valence-electron chi connectivity index (χ3n) is 3.09. The van der Waals surface area contributed by atoms with Gasteiger partial charge in [-0.15, -0.1) is 0 Å². The van der Waals surface area contributed by atoms with Crippen molar-refractivity contribution in [1.82, 2.24) is 9.88 Å². The minimum absolute atomic E-state index is 0.00239. The molecule has 0 atom stereocenters. The molecule has 18 heavy (non-hydrogen) atoms. The first kappa shape index (κ1) is 13.5. The molecule has 1 saturated heterocycles. The number of piperidine rings is 1. The quantitative estimate of drug-likeness (QED) is 0.861. The molecule has 0 saturated carbocycles. The number of halogens is 1. The zero-order chi connectivity index (χ0) is 13.0. The minimum Gasteiger partial charge on any atom is -0.378 e. The first-order valence-corrected chi connectivity index (χ1v) is 7.03. The molecule has 1 aliphatic heterocycles. The van der Waals surface area contributed by atoms with E-state index in [1.807, 2.05) is 24.0 Å². The molecule has 5 heteroatoms. The molecule has 0 aromatic carbocycles. The molecule has 0 radical (unpaired) electrons. The summed E-state index contributed by atoms with van der Waals surface area (Å²) in [6, 6.07) is 3.65. The van der Waals surface area contributed by atoms with E-state index >= 15 is 0 Å². The summed E-state index contributed by atoms with van der Waals surface area (Å²) in [4.78, 5) is 18.3. The van der Waals surface area contributed by atoms with Gasteiger partial charge in [-0.05, 0) is 47.8 Å². The van der Waals surface area contributed by atoms with Crippen LogP contribution in [0.25, 0.3) is 0 Å². The van der Waals surface area contributed by atoms with E-state index in [4.69, 9.17) is 4.74 Å². The third-order valence-corrected chi connectivity index (χ3v) is 3.73. The molecule has 1 aliphatic rings. The molecule has 1 aromatic rings. The zero-order valence-electron chi connectivity index (χ0n) is 10.4. The maximum absolute atomic E-state index is 12.3. The van der Waals surface area contributed by atoms with Gasteiger partial charge in [-0.3, -0.25) is 4.79 Å². The van der Waals surface area contributed by atoms with E-state index in [1.165, 1.54) is 0 Å². The van der Waals surface area contributed by atoms with Crippen LogP contribution < -0.4 is 0 Å². The van der Waals surface area contributed by atoms with Crippen LogP contribution >= 0.6 is 15.9 Å². The van der Waals surface area contributed by atoms with Crippen LogP contribution in [0.5, 0.6) is 0 Å². The normalized spacial score (nSPS) is 16.9. The van der Waals surface area contributed by atoms with Crippen LogP contribution in [0.2, 0.25) is 0 Å². The molecule has 2 heterocycles. The van der Waals surface area contributed by atoms with Gasteiger partial charge in [0.15, 0.2) is 0 Å². The number of rotatable bonds is 3. The number of aromatic nitrogens is 1. The van der Waals surface area contributed by atoms with Gasteiger partial charge in [0.25, 0.3) is 5.91 Å². The summed E-state index contributed by atoms with van der Waals surface area (Å²) in [5, 5.41) is 0. The molecule has 0 spiro atoms. The fraction of sp³-hybridized carbons (Fsp3) is 0.538. The number of hydrogen-bond acceptors (Lipinski definition) is 3. The number of nitrogens with zero attached hydrogens (tertiary/aromatic N) is 2. The van der Waals surface area contributed by atoms with Gasteiger partial charge < -0.3 is 9.64 Å². The summed E-state index contributed by atoms with van der Waals surface area (Å²) >= 11 is 3.37. The molecule has 1 aromatic heterocycles. The largest absolute Gasteiger partial charge is 0.378 e. The lowest BCUT2D eigenvalue weighted by atomic mass is 10.1. The number of amides is 1. The van der Waals surface area contributed by atoms with Gasteiger partial charge in [-0.1, -0.05) is 0 Å². The molecule has 2 rings (SSSR count). The highest BCUT2D eigenvalue weighted by Gasteiger charge is 2.25. The molecule has 4 nitrogen and oxygen atoms in total. The lowest BCUT2D eigenvalue weighted by Gasteiger charge is -2.31. The molecule has 1 amide bonds. The molecule has 98 valence electrons. The second kappa shape index (κ2) is 6.29. The fourth-order valence-corrected chi connectivity index (χ4v) is 2.58. The topological polar surface area (TPSA) is 42.4 Å². The van der Waals surface area contributed by atoms with Gasteiger partial charge in [0.05, 0.1) is 6.10 Å². The molecule has 0 unspecified atom stereocenters. The predicted molar refractivity (Wildman–Crippen MR) is 72.5 cm³/mol. The Labute approximate surface area is 115 Å². The average molecular weight is 313 g/mol. The first-order chi connectivity index (χ1) is 8.72. The lowest BCUT2D eigenvalue weighted by Crippen LogP contribution is -2.41. The van der Waals surface area contributed by atoms with E-state index in [-0.39, 0.29) is 5.91 Å². The van der Waals surface area contributed by atoms with Gasteiger partial charge >= 0.3 is 0 Å².